The van der Waals surface area contributed by atoms with Gasteiger partial charge in [-0.1, -0.05) is 0 Å². The first-order valence-electron chi connectivity index (χ1n) is 6.80. The Bertz CT molecular complexity index is 345. The van der Waals surface area contributed by atoms with E-state index < -0.39 is 12.1 Å². The van der Waals surface area contributed by atoms with Crippen molar-refractivity contribution in [1.82, 2.24) is 4.90 Å². The summed E-state index contributed by atoms with van der Waals surface area (Å²) in [6.07, 6.45) is -0.447. The molecule has 102 valence electrons. The molecule has 1 aliphatic heterocycles. The number of halogens is 3. The van der Waals surface area contributed by atoms with E-state index in [0.29, 0.717) is 24.8 Å². The van der Waals surface area contributed by atoms with Crippen LogP contribution in [0.25, 0.3) is 0 Å². The van der Waals surface area contributed by atoms with E-state index in [9.17, 15) is 18.0 Å². The molecular weight excluding hydrogens is 243 g/mol. The number of fused-ring (bicyclic) bond motifs is 1. The monoisotopic (exact) mass is 261 g/mol. The third-order valence-electron chi connectivity index (χ3n) is 4.79. The predicted molar refractivity (Wildman–Crippen MR) is 59.7 cm³/mol. The molecule has 3 atom stereocenters. The number of amides is 1. The van der Waals surface area contributed by atoms with Crippen LogP contribution < -0.4 is 0 Å². The molecule has 3 aliphatic rings. The number of carbonyl (C=O) groups excluding carboxylic acids is 1. The quantitative estimate of drug-likeness (QED) is 0.710. The first kappa shape index (κ1) is 12.3. The number of piperidine rings is 1. The van der Waals surface area contributed by atoms with E-state index in [4.69, 9.17) is 0 Å². The summed E-state index contributed by atoms with van der Waals surface area (Å²) in [5.74, 6) is 0.0762. The van der Waals surface area contributed by atoms with Crippen LogP contribution in [0.2, 0.25) is 0 Å². The van der Waals surface area contributed by atoms with Crippen LogP contribution in [0.15, 0.2) is 0 Å². The highest BCUT2D eigenvalue weighted by Gasteiger charge is 2.50. The highest BCUT2D eigenvalue weighted by Crippen LogP contribution is 2.54. The van der Waals surface area contributed by atoms with Crippen molar-refractivity contribution in [3.63, 3.8) is 0 Å². The van der Waals surface area contributed by atoms with Gasteiger partial charge in [0.25, 0.3) is 0 Å². The highest BCUT2D eigenvalue weighted by atomic mass is 19.4. The number of likely N-dealkylation sites (tertiary alicyclic amines) is 1. The first-order valence-corrected chi connectivity index (χ1v) is 6.80. The maximum Gasteiger partial charge on any atom is 0.393 e. The van der Waals surface area contributed by atoms with Crippen LogP contribution in [0.4, 0.5) is 13.2 Å². The van der Waals surface area contributed by atoms with Crippen molar-refractivity contribution >= 4 is 5.91 Å². The van der Waals surface area contributed by atoms with Gasteiger partial charge in [0.1, 0.15) is 0 Å². The largest absolute Gasteiger partial charge is 0.393 e. The summed E-state index contributed by atoms with van der Waals surface area (Å²) in [5, 5.41) is 0. The molecule has 5 heteroatoms. The molecule has 1 amide bonds. The van der Waals surface area contributed by atoms with Gasteiger partial charge in [-0.15, -0.1) is 0 Å². The molecule has 18 heavy (non-hydrogen) atoms. The molecule has 0 spiro atoms. The molecule has 0 bridgehead atoms. The molecule has 0 aromatic heterocycles. The minimum absolute atomic E-state index is 0.0146. The fourth-order valence-electron chi connectivity index (χ4n) is 3.62. The summed E-state index contributed by atoms with van der Waals surface area (Å²) in [4.78, 5) is 13.7. The normalized spacial score (nSPS) is 39.6. The van der Waals surface area contributed by atoms with Crippen LogP contribution in [0.3, 0.4) is 0 Å². The van der Waals surface area contributed by atoms with Crippen molar-refractivity contribution in [2.75, 3.05) is 13.1 Å². The second kappa shape index (κ2) is 4.14. The van der Waals surface area contributed by atoms with E-state index in [1.807, 2.05) is 0 Å². The third-order valence-corrected chi connectivity index (χ3v) is 4.79. The van der Waals surface area contributed by atoms with Gasteiger partial charge < -0.3 is 4.90 Å². The number of rotatable bonds is 1. The zero-order valence-corrected chi connectivity index (χ0v) is 10.2. The second-order valence-electron chi connectivity index (χ2n) is 6.09. The van der Waals surface area contributed by atoms with E-state index in [-0.39, 0.29) is 24.8 Å². The molecule has 0 aromatic rings. The lowest BCUT2D eigenvalue weighted by molar-refractivity contribution is -0.188. The van der Waals surface area contributed by atoms with Crippen molar-refractivity contribution in [3.05, 3.63) is 0 Å². The second-order valence-corrected chi connectivity index (χ2v) is 6.09. The smallest absolute Gasteiger partial charge is 0.342 e. The Labute approximate surface area is 105 Å². The maximum atomic E-state index is 12.7. The number of carbonyl (C=O) groups is 1. The molecule has 0 aromatic carbocycles. The molecular formula is C13H18F3NO. The summed E-state index contributed by atoms with van der Waals surface area (Å²) >= 11 is 0. The van der Waals surface area contributed by atoms with Crippen molar-refractivity contribution in [2.45, 2.75) is 38.3 Å². The topological polar surface area (TPSA) is 20.3 Å². The molecule has 2 saturated carbocycles. The standard InChI is InChI=1S/C13H18F3NO/c14-13(15,16)11-2-1-3-17(7-11)12(18)10-5-8-4-9(8)6-10/h8-11H,1-7H2. The van der Waals surface area contributed by atoms with Crippen molar-refractivity contribution < 1.29 is 18.0 Å². The highest BCUT2D eigenvalue weighted by molar-refractivity contribution is 5.79. The Hall–Kier alpha value is -0.740. The van der Waals surface area contributed by atoms with Gasteiger partial charge in [-0.05, 0) is 43.9 Å². The Morgan fingerprint density at radius 1 is 1.11 bits per heavy atom. The molecule has 3 fully saturated rings. The molecule has 2 nitrogen and oxygen atoms in total. The zero-order chi connectivity index (χ0) is 12.9. The SMILES string of the molecule is O=C(C1CC2CC2C1)N1CCCC(C(F)(F)F)C1. The minimum Gasteiger partial charge on any atom is -0.342 e. The Balaban J connectivity index is 1.60. The molecule has 3 rings (SSSR count). The Morgan fingerprint density at radius 2 is 1.78 bits per heavy atom. The van der Waals surface area contributed by atoms with Crippen LogP contribution in [0.5, 0.6) is 0 Å². The van der Waals surface area contributed by atoms with Crippen LogP contribution in [-0.4, -0.2) is 30.1 Å². The minimum atomic E-state index is -4.16. The molecule has 2 aliphatic carbocycles. The lowest BCUT2D eigenvalue weighted by atomic mass is 9.94. The van der Waals surface area contributed by atoms with Gasteiger partial charge in [-0.25, -0.2) is 0 Å². The van der Waals surface area contributed by atoms with Crippen LogP contribution in [-0.2, 0) is 4.79 Å². The van der Waals surface area contributed by atoms with Gasteiger partial charge in [-0.3, -0.25) is 4.79 Å². The van der Waals surface area contributed by atoms with E-state index in [1.54, 1.807) is 0 Å². The van der Waals surface area contributed by atoms with E-state index >= 15 is 0 Å². The van der Waals surface area contributed by atoms with E-state index in [0.717, 1.165) is 12.8 Å². The number of hydrogen-bond acceptors (Lipinski definition) is 1. The average molecular weight is 261 g/mol. The van der Waals surface area contributed by atoms with Gasteiger partial charge in [0.2, 0.25) is 5.91 Å². The molecule has 0 radical (unpaired) electrons. The number of hydrogen-bond donors (Lipinski definition) is 0. The van der Waals surface area contributed by atoms with Crippen molar-refractivity contribution in [2.24, 2.45) is 23.7 Å². The zero-order valence-electron chi connectivity index (χ0n) is 10.2. The molecule has 0 N–H and O–H groups in total. The van der Waals surface area contributed by atoms with Gasteiger partial charge in [0.05, 0.1) is 5.92 Å². The van der Waals surface area contributed by atoms with Crippen LogP contribution in [0, 0.1) is 23.7 Å². The summed E-state index contributed by atoms with van der Waals surface area (Å²) in [7, 11) is 0. The van der Waals surface area contributed by atoms with Crippen molar-refractivity contribution in [3.8, 4) is 0 Å². The van der Waals surface area contributed by atoms with Gasteiger partial charge in [-0.2, -0.15) is 13.2 Å². The Kier molecular flexibility index (Phi) is 2.83. The Morgan fingerprint density at radius 3 is 2.39 bits per heavy atom. The lowest BCUT2D eigenvalue weighted by Gasteiger charge is -2.35. The average Bonchev–Trinajstić information content (AvgIpc) is 2.94. The van der Waals surface area contributed by atoms with Crippen LogP contribution in [0.1, 0.15) is 32.1 Å². The lowest BCUT2D eigenvalue weighted by Crippen LogP contribution is -2.46. The van der Waals surface area contributed by atoms with Crippen molar-refractivity contribution in [1.29, 1.82) is 0 Å². The van der Waals surface area contributed by atoms with Gasteiger partial charge in [0, 0.05) is 19.0 Å². The number of nitrogens with zero attached hydrogens (tertiary/aromatic N) is 1. The number of alkyl halides is 3. The third kappa shape index (κ3) is 2.24. The molecule has 1 heterocycles. The molecule has 1 saturated heterocycles. The van der Waals surface area contributed by atoms with Gasteiger partial charge in [0.15, 0.2) is 0 Å². The summed E-state index contributed by atoms with van der Waals surface area (Å²) in [6.45, 7) is 0.394. The fraction of sp³-hybridized carbons (Fsp3) is 0.923. The predicted octanol–water partition coefficient (Wildman–Crippen LogP) is 2.83. The first-order chi connectivity index (χ1) is 8.45. The summed E-state index contributed by atoms with van der Waals surface area (Å²) in [6, 6.07) is 0. The summed E-state index contributed by atoms with van der Waals surface area (Å²) < 4.78 is 38.1. The fourth-order valence-corrected chi connectivity index (χ4v) is 3.62. The van der Waals surface area contributed by atoms with E-state index in [1.165, 1.54) is 11.3 Å². The van der Waals surface area contributed by atoms with Gasteiger partial charge >= 0.3 is 6.18 Å². The molecule has 3 unspecified atom stereocenters. The van der Waals surface area contributed by atoms with E-state index in [2.05, 4.69) is 0 Å². The van der Waals surface area contributed by atoms with Crippen LogP contribution >= 0.6 is 0 Å². The summed E-state index contributed by atoms with van der Waals surface area (Å²) in [5.41, 5.74) is 0. The maximum absolute atomic E-state index is 12.7.